The molecule has 5 rings (SSSR count). The van der Waals surface area contributed by atoms with Crippen molar-refractivity contribution in [3.05, 3.63) is 35.4 Å². The Morgan fingerprint density at radius 3 is 2.49 bits per heavy atom. The lowest BCUT2D eigenvalue weighted by Gasteiger charge is -2.50. The summed E-state index contributed by atoms with van der Waals surface area (Å²) in [5, 5.41) is 10.3. The number of alkyl halides is 2. The number of benzene rings is 1. The number of hydrogen-bond acceptors (Lipinski definition) is 8. The molecule has 10 nitrogen and oxygen atoms in total. The van der Waals surface area contributed by atoms with Crippen molar-refractivity contribution in [3.8, 4) is 11.5 Å². The Hall–Kier alpha value is -3.11. The van der Waals surface area contributed by atoms with Crippen molar-refractivity contribution in [1.82, 2.24) is 9.80 Å². The van der Waals surface area contributed by atoms with Gasteiger partial charge in [-0.05, 0) is 43.4 Å². The van der Waals surface area contributed by atoms with Gasteiger partial charge in [-0.2, -0.15) is 4.90 Å². The van der Waals surface area contributed by atoms with Gasteiger partial charge in [-0.3, -0.25) is 24.1 Å². The molecule has 5 amide bonds. The smallest absolute Gasteiger partial charge is 0.423 e. The maximum absolute atomic E-state index is 13.5. The van der Waals surface area contributed by atoms with Crippen LogP contribution in [0.3, 0.4) is 0 Å². The van der Waals surface area contributed by atoms with Crippen LogP contribution in [0.2, 0.25) is 0 Å². The Morgan fingerprint density at radius 1 is 1.14 bits per heavy atom. The lowest BCUT2D eigenvalue weighted by atomic mass is 9.56. The number of allylic oxidation sites excluding steroid dienone is 2. The van der Waals surface area contributed by atoms with E-state index in [1.807, 2.05) is 0 Å². The summed E-state index contributed by atoms with van der Waals surface area (Å²) >= 11 is 14.1. The second kappa shape index (κ2) is 8.46. The average molecular weight is 551 g/mol. The summed E-state index contributed by atoms with van der Waals surface area (Å²) in [6, 6.07) is 4.47. The summed E-state index contributed by atoms with van der Waals surface area (Å²) in [6.07, 6.45) is 0.576. The molecule has 4 aliphatic rings. The van der Waals surface area contributed by atoms with E-state index in [4.69, 9.17) is 27.9 Å². The molecule has 2 heterocycles. The Labute approximate surface area is 222 Å². The normalized spacial score (nSPS) is 34.7. The number of aromatic hydroxyl groups is 1. The standard InChI is InChI=1S/C25H24Cl2N2O8/c1-4-37-16-9-11(5-8-15(16)30)18-12-6-7-13-17(20(32)29(19(13)31)23(35)36-3)14(12)10-24(26)21(33)28(2)22(34)25(18,24)27/h5-6,8-9,13-14,17-18,30H,4,7,10H2,1-3H3. The van der Waals surface area contributed by atoms with Gasteiger partial charge in [0.25, 0.3) is 11.8 Å². The number of amides is 5. The number of ether oxygens (including phenoxy) is 2. The lowest BCUT2D eigenvalue weighted by molar-refractivity contribution is -0.139. The molecule has 2 aliphatic heterocycles. The van der Waals surface area contributed by atoms with E-state index in [1.54, 1.807) is 19.1 Å². The zero-order chi connectivity index (χ0) is 27.0. The summed E-state index contributed by atoms with van der Waals surface area (Å²) in [5.41, 5.74) is 0.999. The van der Waals surface area contributed by atoms with Crippen LogP contribution in [0, 0.1) is 17.8 Å². The predicted molar refractivity (Wildman–Crippen MR) is 129 cm³/mol. The molecule has 1 aromatic carbocycles. The third kappa shape index (κ3) is 3.15. The Bertz CT molecular complexity index is 1300. The van der Waals surface area contributed by atoms with Crippen LogP contribution in [0.1, 0.15) is 31.2 Å². The molecule has 12 heteroatoms. The molecular weight excluding hydrogens is 527 g/mol. The molecule has 6 unspecified atom stereocenters. The average Bonchev–Trinajstić information content (AvgIpc) is 3.20. The highest BCUT2D eigenvalue weighted by Crippen LogP contribution is 2.65. The fraction of sp³-hybridized carbons (Fsp3) is 0.480. The number of nitrogens with zero attached hydrogens (tertiary/aromatic N) is 2. The summed E-state index contributed by atoms with van der Waals surface area (Å²) in [6.45, 7) is 1.99. The quantitative estimate of drug-likeness (QED) is 0.345. The third-order valence-electron chi connectivity index (χ3n) is 7.99. The molecule has 0 aromatic heterocycles. The van der Waals surface area contributed by atoms with Crippen molar-refractivity contribution >= 4 is 52.9 Å². The van der Waals surface area contributed by atoms with Crippen LogP contribution in [0.4, 0.5) is 4.79 Å². The summed E-state index contributed by atoms with van der Waals surface area (Å²) in [4.78, 5) is 63.0. The zero-order valence-corrected chi connectivity index (χ0v) is 21.7. The van der Waals surface area contributed by atoms with Gasteiger partial charge >= 0.3 is 6.09 Å². The van der Waals surface area contributed by atoms with E-state index in [-0.39, 0.29) is 30.9 Å². The van der Waals surface area contributed by atoms with Crippen LogP contribution in [0.25, 0.3) is 0 Å². The molecule has 0 radical (unpaired) electrons. The molecule has 37 heavy (non-hydrogen) atoms. The van der Waals surface area contributed by atoms with Gasteiger partial charge in [0.2, 0.25) is 11.8 Å². The first kappa shape index (κ1) is 25.5. The monoisotopic (exact) mass is 550 g/mol. The number of likely N-dealkylation sites (tertiary alicyclic amines) is 2. The molecule has 2 saturated heterocycles. The highest BCUT2D eigenvalue weighted by molar-refractivity contribution is 6.53. The number of rotatable bonds is 3. The predicted octanol–water partition coefficient (Wildman–Crippen LogP) is 2.55. The van der Waals surface area contributed by atoms with Gasteiger partial charge in [0, 0.05) is 13.0 Å². The number of carbonyl (C=O) groups excluding carboxylic acids is 5. The van der Waals surface area contributed by atoms with E-state index in [0.717, 1.165) is 12.0 Å². The van der Waals surface area contributed by atoms with Crippen molar-refractivity contribution in [1.29, 1.82) is 0 Å². The fourth-order valence-corrected chi connectivity index (χ4v) is 7.39. The van der Waals surface area contributed by atoms with Crippen LogP contribution < -0.4 is 4.74 Å². The van der Waals surface area contributed by atoms with Crippen LogP contribution in [-0.4, -0.2) is 75.1 Å². The zero-order valence-electron chi connectivity index (χ0n) is 20.2. The molecule has 2 aliphatic carbocycles. The highest BCUT2D eigenvalue weighted by Gasteiger charge is 2.76. The Balaban J connectivity index is 1.71. The van der Waals surface area contributed by atoms with Crippen molar-refractivity contribution < 1.29 is 38.6 Å². The summed E-state index contributed by atoms with van der Waals surface area (Å²) in [7, 11) is 2.36. The first-order chi connectivity index (χ1) is 17.4. The molecule has 1 saturated carbocycles. The number of fused-ring (bicyclic) bond motifs is 4. The van der Waals surface area contributed by atoms with Crippen LogP contribution in [0.5, 0.6) is 11.5 Å². The molecule has 6 atom stereocenters. The first-order valence-corrected chi connectivity index (χ1v) is 12.5. The minimum absolute atomic E-state index is 0.113. The second-order valence-electron chi connectivity index (χ2n) is 9.64. The van der Waals surface area contributed by atoms with E-state index in [0.29, 0.717) is 16.0 Å². The number of halogens is 2. The molecule has 1 aromatic rings. The van der Waals surface area contributed by atoms with Gasteiger partial charge in [0.1, 0.15) is 0 Å². The Morgan fingerprint density at radius 2 is 1.84 bits per heavy atom. The topological polar surface area (TPSA) is 131 Å². The lowest BCUT2D eigenvalue weighted by Crippen LogP contribution is -2.60. The van der Waals surface area contributed by atoms with Crippen LogP contribution in [0.15, 0.2) is 29.8 Å². The molecular formula is C25H24Cl2N2O8. The molecule has 0 bridgehead atoms. The van der Waals surface area contributed by atoms with E-state index >= 15 is 0 Å². The molecule has 196 valence electrons. The van der Waals surface area contributed by atoms with Gasteiger partial charge in [0.05, 0.1) is 25.6 Å². The fourth-order valence-electron chi connectivity index (χ4n) is 6.37. The third-order valence-corrected chi connectivity index (χ3v) is 9.40. The number of phenols is 1. The van der Waals surface area contributed by atoms with Gasteiger partial charge in [-0.1, -0.05) is 17.7 Å². The minimum atomic E-state index is -1.95. The SMILES string of the molecule is CCOc1cc(C2C3=CCC4C(=O)N(C(=O)OC)C(=O)C4C3CC3(Cl)C(=O)N(C)C(=O)C23Cl)ccc1O. The second-order valence-corrected chi connectivity index (χ2v) is 10.9. The summed E-state index contributed by atoms with van der Waals surface area (Å²) in [5.74, 6) is -6.45. The van der Waals surface area contributed by atoms with Crippen molar-refractivity contribution in [2.24, 2.45) is 17.8 Å². The van der Waals surface area contributed by atoms with Crippen molar-refractivity contribution in [3.63, 3.8) is 0 Å². The van der Waals surface area contributed by atoms with Gasteiger partial charge < -0.3 is 14.6 Å². The van der Waals surface area contributed by atoms with E-state index < -0.39 is 63.1 Å². The number of imide groups is 4. The van der Waals surface area contributed by atoms with Gasteiger partial charge in [0.15, 0.2) is 21.2 Å². The highest BCUT2D eigenvalue weighted by atomic mass is 35.5. The van der Waals surface area contributed by atoms with E-state index in [9.17, 15) is 29.1 Å². The molecule has 0 spiro atoms. The van der Waals surface area contributed by atoms with E-state index in [1.165, 1.54) is 19.2 Å². The number of methoxy groups -OCH3 is 1. The van der Waals surface area contributed by atoms with Crippen molar-refractivity contribution in [2.45, 2.75) is 35.4 Å². The van der Waals surface area contributed by atoms with Crippen molar-refractivity contribution in [2.75, 3.05) is 20.8 Å². The first-order valence-electron chi connectivity index (χ1n) is 11.8. The summed E-state index contributed by atoms with van der Waals surface area (Å²) < 4.78 is 10.2. The molecule has 1 N–H and O–H groups in total. The van der Waals surface area contributed by atoms with E-state index in [2.05, 4.69) is 4.74 Å². The minimum Gasteiger partial charge on any atom is -0.504 e. The maximum atomic E-state index is 13.5. The van der Waals surface area contributed by atoms with Crippen LogP contribution >= 0.6 is 23.2 Å². The maximum Gasteiger partial charge on any atom is 0.423 e. The Kier molecular flexibility index (Phi) is 5.84. The van der Waals surface area contributed by atoms with Gasteiger partial charge in [-0.15, -0.1) is 23.2 Å². The number of carbonyl (C=O) groups is 5. The number of hydrogen-bond donors (Lipinski definition) is 1. The van der Waals surface area contributed by atoms with Gasteiger partial charge in [-0.25, -0.2) is 4.79 Å². The van der Waals surface area contributed by atoms with Crippen LogP contribution in [-0.2, 0) is 23.9 Å². The number of phenolic OH excluding ortho intramolecular Hbond substituents is 1. The largest absolute Gasteiger partial charge is 0.504 e. The molecule has 3 fully saturated rings.